The van der Waals surface area contributed by atoms with Gasteiger partial charge in [-0.3, -0.25) is 0 Å². The van der Waals surface area contributed by atoms with Crippen molar-refractivity contribution in [3.8, 4) is 0 Å². The molecule has 5 nitrogen and oxygen atoms in total. The monoisotopic (exact) mass is 313 g/mol. The molecule has 0 saturated carbocycles. The van der Waals surface area contributed by atoms with Crippen LogP contribution in [-0.4, -0.2) is 42.9 Å². The Balaban J connectivity index is 1.84. The molecule has 1 aliphatic heterocycles. The predicted octanol–water partition coefficient (Wildman–Crippen LogP) is 1.61. The number of benzene rings is 1. The highest BCUT2D eigenvalue weighted by atomic mass is 19.1. The minimum atomic E-state index is -0.595. The predicted molar refractivity (Wildman–Crippen MR) is 79.8 cm³/mol. The molecular weight excluding hydrogens is 292 g/mol. The fourth-order valence-electron chi connectivity index (χ4n) is 2.50. The van der Waals surface area contributed by atoms with E-state index in [9.17, 15) is 13.6 Å². The average Bonchev–Trinajstić information content (AvgIpc) is 2.86. The van der Waals surface area contributed by atoms with Gasteiger partial charge in [0.15, 0.2) is 0 Å². The lowest BCUT2D eigenvalue weighted by Crippen LogP contribution is -2.44. The van der Waals surface area contributed by atoms with Crippen molar-refractivity contribution in [2.24, 2.45) is 0 Å². The number of anilines is 1. The summed E-state index contributed by atoms with van der Waals surface area (Å²) in [5.74, 6) is -1.19. The molecule has 122 valence electrons. The van der Waals surface area contributed by atoms with Crippen molar-refractivity contribution in [2.45, 2.75) is 31.9 Å². The number of aliphatic hydroxyl groups excluding tert-OH is 1. The number of rotatable bonds is 5. The molecule has 2 atom stereocenters. The highest BCUT2D eigenvalue weighted by molar-refractivity contribution is 5.74. The number of carbonyl (C=O) groups is 1. The van der Waals surface area contributed by atoms with Crippen LogP contribution in [0.1, 0.15) is 19.8 Å². The van der Waals surface area contributed by atoms with Crippen molar-refractivity contribution in [3.63, 3.8) is 0 Å². The van der Waals surface area contributed by atoms with E-state index in [0.717, 1.165) is 0 Å². The van der Waals surface area contributed by atoms with Crippen molar-refractivity contribution in [3.05, 3.63) is 29.8 Å². The molecule has 1 aliphatic rings. The van der Waals surface area contributed by atoms with Gasteiger partial charge < -0.3 is 20.6 Å². The van der Waals surface area contributed by atoms with E-state index in [0.29, 0.717) is 32.5 Å². The number of nitrogens with one attached hydrogen (secondary N) is 2. The van der Waals surface area contributed by atoms with Crippen LogP contribution < -0.4 is 15.5 Å². The number of urea groups is 1. The Bertz CT molecular complexity index is 505. The number of halogens is 2. The van der Waals surface area contributed by atoms with Crippen molar-refractivity contribution in [1.82, 2.24) is 10.6 Å². The summed E-state index contributed by atoms with van der Waals surface area (Å²) in [6, 6.07) is 3.28. The summed E-state index contributed by atoms with van der Waals surface area (Å²) >= 11 is 0. The van der Waals surface area contributed by atoms with Crippen LogP contribution in [0.2, 0.25) is 0 Å². The molecule has 1 fully saturated rings. The number of amides is 2. The lowest BCUT2D eigenvalue weighted by atomic mass is 10.2. The molecule has 2 unspecified atom stereocenters. The molecule has 0 aromatic heterocycles. The third kappa shape index (κ3) is 4.30. The third-order valence-corrected chi connectivity index (χ3v) is 3.62. The van der Waals surface area contributed by atoms with Gasteiger partial charge in [-0.05, 0) is 31.9 Å². The zero-order valence-corrected chi connectivity index (χ0v) is 12.5. The quantitative estimate of drug-likeness (QED) is 0.774. The zero-order chi connectivity index (χ0) is 16.1. The van der Waals surface area contributed by atoms with Gasteiger partial charge in [-0.15, -0.1) is 0 Å². The molecular formula is C15H21F2N3O2. The van der Waals surface area contributed by atoms with E-state index in [1.165, 1.54) is 18.2 Å². The summed E-state index contributed by atoms with van der Waals surface area (Å²) in [5.41, 5.74) is -0.0405. The summed E-state index contributed by atoms with van der Waals surface area (Å²) in [6.45, 7) is 2.87. The smallest absolute Gasteiger partial charge is 0.315 e. The van der Waals surface area contributed by atoms with Crippen LogP contribution in [0, 0.1) is 11.6 Å². The van der Waals surface area contributed by atoms with E-state index in [2.05, 4.69) is 10.6 Å². The van der Waals surface area contributed by atoms with Crippen LogP contribution >= 0.6 is 0 Å². The third-order valence-electron chi connectivity index (χ3n) is 3.62. The van der Waals surface area contributed by atoms with Gasteiger partial charge in [0.2, 0.25) is 0 Å². The van der Waals surface area contributed by atoms with Crippen LogP contribution in [0.3, 0.4) is 0 Å². The van der Waals surface area contributed by atoms with E-state index in [4.69, 9.17) is 5.11 Å². The van der Waals surface area contributed by atoms with Crippen molar-refractivity contribution in [1.29, 1.82) is 0 Å². The van der Waals surface area contributed by atoms with Gasteiger partial charge in [-0.1, -0.05) is 6.07 Å². The Morgan fingerprint density at radius 2 is 2.14 bits per heavy atom. The molecule has 1 saturated heterocycles. The molecule has 1 heterocycles. The Morgan fingerprint density at radius 1 is 1.45 bits per heavy atom. The number of carbonyl (C=O) groups excluding carboxylic acids is 1. The molecule has 1 aromatic carbocycles. The fourth-order valence-corrected chi connectivity index (χ4v) is 2.50. The molecule has 22 heavy (non-hydrogen) atoms. The maximum absolute atomic E-state index is 13.7. The minimum absolute atomic E-state index is 0.0405. The summed E-state index contributed by atoms with van der Waals surface area (Å²) < 4.78 is 27.5. The second kappa shape index (κ2) is 7.40. The topological polar surface area (TPSA) is 64.6 Å². The first-order chi connectivity index (χ1) is 10.5. The lowest BCUT2D eigenvalue weighted by molar-refractivity contribution is 0.183. The van der Waals surface area contributed by atoms with Crippen LogP contribution in [0.5, 0.6) is 0 Å². The normalized spacial score (nSPS) is 19.1. The first kappa shape index (κ1) is 16.5. The molecule has 2 amide bonds. The first-order valence-corrected chi connectivity index (χ1v) is 7.38. The van der Waals surface area contributed by atoms with Crippen molar-refractivity contribution in [2.75, 3.05) is 24.5 Å². The maximum atomic E-state index is 13.7. The molecule has 0 bridgehead atoms. The van der Waals surface area contributed by atoms with Crippen molar-refractivity contribution < 1.29 is 18.7 Å². The minimum Gasteiger partial charge on any atom is -0.393 e. The Labute approximate surface area is 128 Å². The standard InChI is InChI=1S/C15H21F2N3O2/c1-10(21)5-7-18-15(22)19-11-6-8-20(9-11)14-12(16)3-2-4-13(14)17/h2-4,10-11,21H,5-9H2,1H3,(H2,18,19,22). The van der Waals surface area contributed by atoms with E-state index >= 15 is 0 Å². The molecule has 0 spiro atoms. The number of hydrogen-bond acceptors (Lipinski definition) is 3. The van der Waals surface area contributed by atoms with Crippen LogP contribution in [0.15, 0.2) is 18.2 Å². The largest absolute Gasteiger partial charge is 0.393 e. The van der Waals surface area contributed by atoms with E-state index < -0.39 is 17.7 Å². The Kier molecular flexibility index (Phi) is 5.54. The van der Waals surface area contributed by atoms with Gasteiger partial charge in [0.1, 0.15) is 17.3 Å². The van der Waals surface area contributed by atoms with Crippen LogP contribution in [-0.2, 0) is 0 Å². The fraction of sp³-hybridized carbons (Fsp3) is 0.533. The number of nitrogens with zero attached hydrogens (tertiary/aromatic N) is 1. The molecule has 7 heteroatoms. The second-order valence-electron chi connectivity index (χ2n) is 5.54. The average molecular weight is 313 g/mol. The Morgan fingerprint density at radius 3 is 2.77 bits per heavy atom. The maximum Gasteiger partial charge on any atom is 0.315 e. The van der Waals surface area contributed by atoms with E-state index in [1.807, 2.05) is 0 Å². The molecule has 0 aliphatic carbocycles. The van der Waals surface area contributed by atoms with Crippen LogP contribution in [0.25, 0.3) is 0 Å². The molecule has 2 rings (SSSR count). The lowest BCUT2D eigenvalue weighted by Gasteiger charge is -2.20. The van der Waals surface area contributed by atoms with Gasteiger partial charge in [-0.25, -0.2) is 13.6 Å². The molecule has 1 aromatic rings. The first-order valence-electron chi connectivity index (χ1n) is 7.38. The highest BCUT2D eigenvalue weighted by Gasteiger charge is 2.27. The van der Waals surface area contributed by atoms with Gasteiger partial charge >= 0.3 is 6.03 Å². The number of hydrogen-bond donors (Lipinski definition) is 3. The number of para-hydroxylation sites is 1. The zero-order valence-electron chi connectivity index (χ0n) is 12.5. The van der Waals surface area contributed by atoms with Gasteiger partial charge in [0, 0.05) is 25.7 Å². The Hall–Kier alpha value is -1.89. The summed E-state index contributed by atoms with van der Waals surface area (Å²) in [6.07, 6.45) is 0.633. The van der Waals surface area contributed by atoms with Gasteiger partial charge in [0.25, 0.3) is 0 Å². The molecule has 0 radical (unpaired) electrons. The summed E-state index contributed by atoms with van der Waals surface area (Å²) in [4.78, 5) is 13.3. The highest BCUT2D eigenvalue weighted by Crippen LogP contribution is 2.26. The van der Waals surface area contributed by atoms with Gasteiger partial charge in [0.05, 0.1) is 6.10 Å². The second-order valence-corrected chi connectivity index (χ2v) is 5.54. The van der Waals surface area contributed by atoms with Crippen LogP contribution in [0.4, 0.5) is 19.3 Å². The van der Waals surface area contributed by atoms with E-state index in [1.54, 1.807) is 11.8 Å². The molecule has 3 N–H and O–H groups in total. The SMILES string of the molecule is CC(O)CCNC(=O)NC1CCN(c2c(F)cccc2F)C1. The van der Waals surface area contributed by atoms with Crippen molar-refractivity contribution >= 4 is 11.7 Å². The summed E-state index contributed by atoms with van der Waals surface area (Å²) in [7, 11) is 0. The van der Waals surface area contributed by atoms with E-state index in [-0.39, 0.29) is 17.8 Å². The number of aliphatic hydroxyl groups is 1. The van der Waals surface area contributed by atoms with Gasteiger partial charge in [-0.2, -0.15) is 0 Å². The summed E-state index contributed by atoms with van der Waals surface area (Å²) in [5, 5.41) is 14.5.